The van der Waals surface area contributed by atoms with Crippen LogP contribution in [0.5, 0.6) is 0 Å². The zero-order chi connectivity index (χ0) is 7.49. The Kier molecular flexibility index (Phi) is 3.15. The predicted molar refractivity (Wildman–Crippen MR) is 40.9 cm³/mol. The Hall–Kier alpha value is -0.0800. The summed E-state index contributed by atoms with van der Waals surface area (Å²) in [5.41, 5.74) is 11.2. The van der Waals surface area contributed by atoms with Crippen molar-refractivity contribution in [1.29, 1.82) is 0 Å². The van der Waals surface area contributed by atoms with E-state index in [0.717, 1.165) is 12.8 Å². The van der Waals surface area contributed by atoms with Crippen molar-refractivity contribution in [3.05, 3.63) is 0 Å². The molecule has 0 aliphatic rings. The molecule has 9 heavy (non-hydrogen) atoms. The number of nitrogens with two attached hydrogens (primary N) is 2. The molecule has 0 aromatic rings. The second-order valence-corrected chi connectivity index (χ2v) is 3.39. The standard InChI is InChI=1S/C7H18N2/c1-4-7(2,3)5-6(8)9/h6H,4-5,8-9H2,1-3H3. The van der Waals surface area contributed by atoms with Crippen molar-refractivity contribution in [3.8, 4) is 0 Å². The van der Waals surface area contributed by atoms with Crippen LogP contribution in [0, 0.1) is 5.41 Å². The van der Waals surface area contributed by atoms with Crippen LogP contribution in [-0.4, -0.2) is 6.17 Å². The molecule has 0 aliphatic carbocycles. The first-order chi connectivity index (χ1) is 3.98. The molecule has 0 heterocycles. The largest absolute Gasteiger partial charge is 0.316 e. The zero-order valence-electron chi connectivity index (χ0n) is 6.65. The third-order valence-corrected chi connectivity index (χ3v) is 1.75. The second kappa shape index (κ2) is 3.18. The molecule has 0 aromatic carbocycles. The summed E-state index contributed by atoms with van der Waals surface area (Å²) in [5.74, 6) is 0. The maximum absolute atomic E-state index is 5.43. The molecule has 0 saturated heterocycles. The molecule has 4 N–H and O–H groups in total. The minimum absolute atomic E-state index is 0.153. The van der Waals surface area contributed by atoms with Crippen LogP contribution in [-0.2, 0) is 0 Å². The highest BCUT2D eigenvalue weighted by Crippen LogP contribution is 2.23. The van der Waals surface area contributed by atoms with E-state index in [4.69, 9.17) is 11.5 Å². The maximum atomic E-state index is 5.43. The van der Waals surface area contributed by atoms with Crippen LogP contribution in [0.25, 0.3) is 0 Å². The summed E-state index contributed by atoms with van der Waals surface area (Å²) in [7, 11) is 0. The van der Waals surface area contributed by atoms with Gasteiger partial charge in [0.25, 0.3) is 0 Å². The van der Waals surface area contributed by atoms with E-state index in [9.17, 15) is 0 Å². The van der Waals surface area contributed by atoms with Gasteiger partial charge in [-0.2, -0.15) is 0 Å². The molecular formula is C7H18N2. The Bertz CT molecular complexity index is 77.0. The van der Waals surface area contributed by atoms with Gasteiger partial charge >= 0.3 is 0 Å². The molecule has 0 amide bonds. The van der Waals surface area contributed by atoms with Crippen molar-refractivity contribution in [1.82, 2.24) is 0 Å². The quantitative estimate of drug-likeness (QED) is 0.561. The van der Waals surface area contributed by atoms with Crippen LogP contribution >= 0.6 is 0 Å². The highest BCUT2D eigenvalue weighted by Gasteiger charge is 2.16. The van der Waals surface area contributed by atoms with Crippen LogP contribution in [0.3, 0.4) is 0 Å². The van der Waals surface area contributed by atoms with Gasteiger partial charge in [-0.25, -0.2) is 0 Å². The number of rotatable bonds is 3. The number of hydrogen-bond donors (Lipinski definition) is 2. The fourth-order valence-electron chi connectivity index (χ4n) is 0.782. The number of hydrogen-bond acceptors (Lipinski definition) is 2. The van der Waals surface area contributed by atoms with Gasteiger partial charge in [-0.15, -0.1) is 0 Å². The minimum atomic E-state index is -0.153. The van der Waals surface area contributed by atoms with E-state index in [1.165, 1.54) is 0 Å². The normalized spacial score (nSPS) is 12.7. The molecule has 0 saturated carbocycles. The third kappa shape index (κ3) is 4.43. The molecule has 0 spiro atoms. The van der Waals surface area contributed by atoms with Crippen molar-refractivity contribution in [3.63, 3.8) is 0 Å². The van der Waals surface area contributed by atoms with Gasteiger partial charge in [0.1, 0.15) is 0 Å². The van der Waals surface area contributed by atoms with Gasteiger partial charge < -0.3 is 11.5 Å². The summed E-state index contributed by atoms with van der Waals surface area (Å²) in [6, 6.07) is 0. The van der Waals surface area contributed by atoms with Crippen molar-refractivity contribution >= 4 is 0 Å². The van der Waals surface area contributed by atoms with Crippen molar-refractivity contribution < 1.29 is 0 Å². The fourth-order valence-corrected chi connectivity index (χ4v) is 0.782. The Balaban J connectivity index is 3.58. The van der Waals surface area contributed by atoms with Gasteiger partial charge in [0.05, 0.1) is 6.17 Å². The summed E-state index contributed by atoms with van der Waals surface area (Å²) in [6.07, 6.45) is 1.89. The van der Waals surface area contributed by atoms with Gasteiger partial charge in [-0.05, 0) is 11.8 Å². The molecule has 2 nitrogen and oxygen atoms in total. The van der Waals surface area contributed by atoms with E-state index in [2.05, 4.69) is 20.8 Å². The summed E-state index contributed by atoms with van der Waals surface area (Å²) >= 11 is 0. The monoisotopic (exact) mass is 130 g/mol. The molecule has 0 radical (unpaired) electrons. The van der Waals surface area contributed by atoms with E-state index in [1.807, 2.05) is 0 Å². The highest BCUT2D eigenvalue weighted by atomic mass is 14.8. The van der Waals surface area contributed by atoms with Crippen molar-refractivity contribution in [2.45, 2.75) is 39.8 Å². The Labute approximate surface area is 57.6 Å². The molecule has 0 atom stereocenters. The lowest BCUT2D eigenvalue weighted by molar-refractivity contribution is 0.295. The van der Waals surface area contributed by atoms with Crippen molar-refractivity contribution in [2.24, 2.45) is 16.9 Å². The van der Waals surface area contributed by atoms with Gasteiger partial charge in [0, 0.05) is 0 Å². The van der Waals surface area contributed by atoms with Crippen LogP contribution in [0.15, 0.2) is 0 Å². The lowest BCUT2D eigenvalue weighted by atomic mass is 9.85. The van der Waals surface area contributed by atoms with Gasteiger partial charge in [0.15, 0.2) is 0 Å². The Morgan fingerprint density at radius 3 is 1.89 bits per heavy atom. The Morgan fingerprint density at radius 2 is 1.78 bits per heavy atom. The molecule has 56 valence electrons. The minimum Gasteiger partial charge on any atom is -0.316 e. The van der Waals surface area contributed by atoms with Gasteiger partial charge in [0.2, 0.25) is 0 Å². The van der Waals surface area contributed by atoms with E-state index >= 15 is 0 Å². The predicted octanol–water partition coefficient (Wildman–Crippen LogP) is 1.06. The summed E-state index contributed by atoms with van der Waals surface area (Å²) < 4.78 is 0. The molecule has 0 rings (SSSR count). The van der Waals surface area contributed by atoms with E-state index in [0.29, 0.717) is 5.41 Å². The zero-order valence-corrected chi connectivity index (χ0v) is 6.65. The lowest BCUT2D eigenvalue weighted by Crippen LogP contribution is -2.35. The van der Waals surface area contributed by atoms with Gasteiger partial charge in [-0.1, -0.05) is 27.2 Å². The van der Waals surface area contributed by atoms with Crippen LogP contribution in [0.4, 0.5) is 0 Å². The van der Waals surface area contributed by atoms with E-state index < -0.39 is 0 Å². The molecule has 0 aromatic heterocycles. The summed E-state index contributed by atoms with van der Waals surface area (Å²) in [6.45, 7) is 6.52. The lowest BCUT2D eigenvalue weighted by Gasteiger charge is -2.24. The first kappa shape index (κ1) is 8.92. The van der Waals surface area contributed by atoms with Crippen LogP contribution < -0.4 is 11.5 Å². The average molecular weight is 130 g/mol. The molecule has 0 aliphatic heterocycles. The third-order valence-electron chi connectivity index (χ3n) is 1.75. The fraction of sp³-hybridized carbons (Fsp3) is 1.00. The molecule has 0 unspecified atom stereocenters. The maximum Gasteiger partial charge on any atom is 0.0526 e. The van der Waals surface area contributed by atoms with E-state index in [1.54, 1.807) is 0 Å². The van der Waals surface area contributed by atoms with Crippen LogP contribution in [0.2, 0.25) is 0 Å². The molecule has 0 fully saturated rings. The second-order valence-electron chi connectivity index (χ2n) is 3.39. The van der Waals surface area contributed by atoms with Crippen molar-refractivity contribution in [2.75, 3.05) is 0 Å². The topological polar surface area (TPSA) is 52.0 Å². The van der Waals surface area contributed by atoms with E-state index in [-0.39, 0.29) is 6.17 Å². The molecule has 2 heteroatoms. The first-order valence-electron chi connectivity index (χ1n) is 3.49. The summed E-state index contributed by atoms with van der Waals surface area (Å²) in [5, 5.41) is 0. The first-order valence-corrected chi connectivity index (χ1v) is 3.49. The Morgan fingerprint density at radius 1 is 1.33 bits per heavy atom. The molecule has 0 bridgehead atoms. The average Bonchev–Trinajstić information content (AvgIpc) is 1.63. The van der Waals surface area contributed by atoms with Gasteiger partial charge in [-0.3, -0.25) is 0 Å². The summed E-state index contributed by atoms with van der Waals surface area (Å²) in [4.78, 5) is 0. The smallest absolute Gasteiger partial charge is 0.0526 e. The highest BCUT2D eigenvalue weighted by molar-refractivity contribution is 4.69. The SMILES string of the molecule is CCC(C)(C)CC(N)N. The molecular weight excluding hydrogens is 112 g/mol. The van der Waals surface area contributed by atoms with Crippen LogP contribution in [0.1, 0.15) is 33.6 Å².